The number of nitrogens with two attached hydrogens (primary N) is 1. The third kappa shape index (κ3) is 7.11. The first-order chi connectivity index (χ1) is 12.3. The molecular weight excluding hydrogens is 308 g/mol. The van der Waals surface area contributed by atoms with Gasteiger partial charge in [-0.1, -0.05) is 64.7 Å². The molecule has 0 aliphatic heterocycles. The van der Waals surface area contributed by atoms with Crippen LogP contribution in [0, 0.1) is 0 Å². The van der Waals surface area contributed by atoms with Gasteiger partial charge in [0.2, 0.25) is 0 Å². The fourth-order valence-electron chi connectivity index (χ4n) is 3.39. The Kier molecular flexibility index (Phi) is 9.50. The summed E-state index contributed by atoms with van der Waals surface area (Å²) in [5.74, 6) is 0.973. The van der Waals surface area contributed by atoms with Crippen LogP contribution in [0.4, 0.5) is 0 Å². The first kappa shape index (κ1) is 19.8. The van der Waals surface area contributed by atoms with Gasteiger partial charge in [0.05, 0.1) is 6.61 Å². The molecule has 3 nitrogen and oxygen atoms in total. The van der Waals surface area contributed by atoms with Gasteiger partial charge >= 0.3 is 0 Å². The van der Waals surface area contributed by atoms with Crippen molar-refractivity contribution >= 4 is 10.9 Å². The Morgan fingerprint density at radius 1 is 0.920 bits per heavy atom. The van der Waals surface area contributed by atoms with Gasteiger partial charge in [-0.15, -0.1) is 0 Å². The first-order valence-corrected chi connectivity index (χ1v) is 10.3. The first-order valence-electron chi connectivity index (χ1n) is 10.3. The molecule has 1 heterocycles. The molecule has 2 rings (SSSR count). The number of hydrogen-bond donors (Lipinski definition) is 2. The zero-order valence-electron chi connectivity index (χ0n) is 16.0. The van der Waals surface area contributed by atoms with Crippen LogP contribution < -0.4 is 10.5 Å². The van der Waals surface area contributed by atoms with Crippen molar-refractivity contribution in [3.05, 3.63) is 30.0 Å². The summed E-state index contributed by atoms with van der Waals surface area (Å²) < 4.78 is 5.94. The molecule has 2 aromatic rings. The molecule has 0 fully saturated rings. The van der Waals surface area contributed by atoms with Crippen LogP contribution >= 0.6 is 0 Å². The van der Waals surface area contributed by atoms with Crippen LogP contribution in [0.1, 0.15) is 76.7 Å². The van der Waals surface area contributed by atoms with Crippen LogP contribution in [-0.2, 0) is 6.42 Å². The predicted molar refractivity (Wildman–Crippen MR) is 108 cm³/mol. The van der Waals surface area contributed by atoms with Crippen LogP contribution in [0.3, 0.4) is 0 Å². The quantitative estimate of drug-likeness (QED) is 0.415. The highest BCUT2D eigenvalue weighted by molar-refractivity contribution is 5.84. The summed E-state index contributed by atoms with van der Waals surface area (Å²) in [4.78, 5) is 3.30. The normalized spacial score (nSPS) is 11.3. The molecule has 0 bridgehead atoms. The number of fused-ring (bicyclic) bond motifs is 1. The second-order valence-electron chi connectivity index (χ2n) is 7.09. The van der Waals surface area contributed by atoms with E-state index in [4.69, 9.17) is 10.5 Å². The minimum Gasteiger partial charge on any atom is -0.494 e. The molecule has 0 radical (unpaired) electrons. The molecular formula is C22H36N2O. The number of rotatable bonds is 14. The molecule has 1 aromatic heterocycles. The van der Waals surface area contributed by atoms with Crippen molar-refractivity contribution in [3.8, 4) is 5.75 Å². The summed E-state index contributed by atoms with van der Waals surface area (Å²) in [6.45, 7) is 3.77. The van der Waals surface area contributed by atoms with Gasteiger partial charge in [-0.25, -0.2) is 0 Å². The van der Waals surface area contributed by atoms with E-state index in [9.17, 15) is 0 Å². The van der Waals surface area contributed by atoms with Gasteiger partial charge < -0.3 is 15.5 Å². The number of unbranched alkanes of at least 4 members (excludes halogenated alkanes) is 9. The zero-order valence-corrected chi connectivity index (χ0v) is 16.0. The van der Waals surface area contributed by atoms with Gasteiger partial charge in [0, 0.05) is 17.1 Å². The number of hydrogen-bond acceptors (Lipinski definition) is 2. The van der Waals surface area contributed by atoms with Crippen molar-refractivity contribution in [3.63, 3.8) is 0 Å². The predicted octanol–water partition coefficient (Wildman–Crippen LogP) is 5.97. The second kappa shape index (κ2) is 12.0. The molecule has 140 valence electrons. The third-order valence-electron chi connectivity index (χ3n) is 4.92. The fraction of sp³-hybridized carbons (Fsp3) is 0.636. The molecule has 3 heteroatoms. The lowest BCUT2D eigenvalue weighted by molar-refractivity contribution is 0.304. The smallest absolute Gasteiger partial charge is 0.120 e. The van der Waals surface area contributed by atoms with Gasteiger partial charge in [-0.05, 0) is 43.1 Å². The summed E-state index contributed by atoms with van der Waals surface area (Å²) in [6.07, 6.45) is 16.5. The number of benzene rings is 1. The number of ether oxygens (including phenoxy) is 1. The summed E-state index contributed by atoms with van der Waals surface area (Å²) in [6, 6.07) is 6.30. The lowest BCUT2D eigenvalue weighted by Gasteiger charge is -2.07. The van der Waals surface area contributed by atoms with Crippen molar-refractivity contribution in [1.82, 2.24) is 4.98 Å². The van der Waals surface area contributed by atoms with Crippen LogP contribution in [0.15, 0.2) is 24.4 Å². The summed E-state index contributed by atoms with van der Waals surface area (Å²) in [5.41, 5.74) is 8.12. The maximum atomic E-state index is 5.94. The van der Waals surface area contributed by atoms with E-state index in [0.29, 0.717) is 6.54 Å². The van der Waals surface area contributed by atoms with Gasteiger partial charge in [0.15, 0.2) is 0 Å². The molecule has 1 aromatic carbocycles. The van der Waals surface area contributed by atoms with E-state index in [1.165, 1.54) is 68.7 Å². The Labute approximate surface area is 153 Å². The van der Waals surface area contributed by atoms with Crippen LogP contribution in [-0.4, -0.2) is 18.1 Å². The minimum atomic E-state index is 0.677. The molecule has 0 amide bonds. The molecule has 3 N–H and O–H groups in total. The van der Waals surface area contributed by atoms with E-state index < -0.39 is 0 Å². The highest BCUT2D eigenvalue weighted by atomic mass is 16.5. The maximum absolute atomic E-state index is 5.94. The van der Waals surface area contributed by atoms with E-state index in [2.05, 4.69) is 36.3 Å². The summed E-state index contributed by atoms with van der Waals surface area (Å²) in [7, 11) is 0. The molecule has 0 saturated heterocycles. The summed E-state index contributed by atoms with van der Waals surface area (Å²) >= 11 is 0. The Balaban J connectivity index is 1.57. The maximum Gasteiger partial charge on any atom is 0.120 e. The van der Waals surface area contributed by atoms with Crippen LogP contribution in [0.25, 0.3) is 10.9 Å². The van der Waals surface area contributed by atoms with Crippen molar-refractivity contribution in [2.75, 3.05) is 13.2 Å². The van der Waals surface area contributed by atoms with E-state index in [0.717, 1.165) is 30.7 Å². The molecule has 25 heavy (non-hydrogen) atoms. The Hall–Kier alpha value is -1.48. The molecule has 0 saturated carbocycles. The molecule has 0 unspecified atom stereocenters. The third-order valence-corrected chi connectivity index (χ3v) is 4.92. The number of nitrogens with one attached hydrogen (secondary N) is 1. The van der Waals surface area contributed by atoms with Crippen molar-refractivity contribution < 1.29 is 4.74 Å². The standard InChI is InChI=1S/C22H36N2O/c1-2-3-4-5-6-7-8-9-10-11-16-25-20-12-13-22-21(17-20)19(14-15-23)18-24-22/h12-13,17-18,24H,2-11,14-16,23H2,1H3. The van der Waals surface area contributed by atoms with E-state index in [-0.39, 0.29) is 0 Å². The number of aromatic nitrogens is 1. The molecule has 0 spiro atoms. The average Bonchev–Trinajstić information content (AvgIpc) is 3.02. The SMILES string of the molecule is CCCCCCCCCCCCOc1ccc2[nH]cc(CCN)c2c1. The van der Waals surface area contributed by atoms with E-state index in [1.54, 1.807) is 0 Å². The lowest BCUT2D eigenvalue weighted by atomic mass is 10.1. The minimum absolute atomic E-state index is 0.677. The Morgan fingerprint density at radius 2 is 1.60 bits per heavy atom. The van der Waals surface area contributed by atoms with Gasteiger partial charge in [-0.3, -0.25) is 0 Å². The molecule has 0 atom stereocenters. The van der Waals surface area contributed by atoms with E-state index in [1.807, 2.05) is 0 Å². The highest BCUT2D eigenvalue weighted by Gasteiger charge is 2.04. The molecule has 0 aliphatic rings. The van der Waals surface area contributed by atoms with Gasteiger partial charge in [0.25, 0.3) is 0 Å². The topological polar surface area (TPSA) is 51.0 Å². The second-order valence-corrected chi connectivity index (χ2v) is 7.09. The largest absolute Gasteiger partial charge is 0.494 e. The Morgan fingerprint density at radius 3 is 2.28 bits per heavy atom. The van der Waals surface area contributed by atoms with E-state index >= 15 is 0 Å². The van der Waals surface area contributed by atoms with Crippen LogP contribution in [0.5, 0.6) is 5.75 Å². The van der Waals surface area contributed by atoms with Crippen molar-refractivity contribution in [1.29, 1.82) is 0 Å². The summed E-state index contributed by atoms with van der Waals surface area (Å²) in [5, 5.41) is 1.24. The highest BCUT2D eigenvalue weighted by Crippen LogP contribution is 2.24. The fourth-order valence-corrected chi connectivity index (χ4v) is 3.39. The monoisotopic (exact) mass is 344 g/mol. The van der Waals surface area contributed by atoms with Crippen molar-refractivity contribution in [2.24, 2.45) is 5.73 Å². The Bertz CT molecular complexity index is 591. The van der Waals surface area contributed by atoms with Gasteiger partial charge in [0.1, 0.15) is 5.75 Å². The van der Waals surface area contributed by atoms with Gasteiger partial charge in [-0.2, -0.15) is 0 Å². The zero-order chi connectivity index (χ0) is 17.7. The number of H-pyrrole nitrogens is 1. The lowest BCUT2D eigenvalue weighted by Crippen LogP contribution is -2.02. The van der Waals surface area contributed by atoms with Crippen molar-refractivity contribution in [2.45, 2.75) is 77.6 Å². The average molecular weight is 345 g/mol. The molecule has 0 aliphatic carbocycles. The number of aromatic amines is 1. The van der Waals surface area contributed by atoms with Crippen LogP contribution in [0.2, 0.25) is 0 Å².